The topological polar surface area (TPSA) is 32.3 Å². The summed E-state index contributed by atoms with van der Waals surface area (Å²) in [5.74, 6) is 0.412. The minimum Gasteiger partial charge on any atom is -0.342 e. The maximum Gasteiger partial charge on any atom is 0.222 e. The Bertz CT molecular complexity index is 305. The number of hydrogen-bond acceptors (Lipinski definition) is 2. The first kappa shape index (κ1) is 16.8. The molecule has 0 aliphatic carbocycles. The van der Waals surface area contributed by atoms with E-state index in [9.17, 15) is 4.79 Å². The zero-order valence-electron chi connectivity index (χ0n) is 14.0. The normalized spacial score (nSPS) is 26.2. The summed E-state index contributed by atoms with van der Waals surface area (Å²) in [5, 5.41) is 3.54. The van der Waals surface area contributed by atoms with Gasteiger partial charge in [0.05, 0.1) is 0 Å². The summed E-state index contributed by atoms with van der Waals surface area (Å²) >= 11 is 0. The lowest BCUT2D eigenvalue weighted by atomic mass is 9.74. The van der Waals surface area contributed by atoms with E-state index in [0.29, 0.717) is 11.3 Å². The number of amides is 1. The monoisotopic (exact) mass is 294 g/mol. The van der Waals surface area contributed by atoms with Crippen molar-refractivity contribution in [3.8, 4) is 0 Å². The summed E-state index contributed by atoms with van der Waals surface area (Å²) in [4.78, 5) is 14.6. The molecule has 1 N–H and O–H groups in total. The Labute approximate surface area is 130 Å². The molecule has 2 aliphatic heterocycles. The number of carbonyl (C=O) groups excluding carboxylic acids is 1. The molecular weight excluding hydrogens is 260 g/mol. The predicted octanol–water partition coefficient (Wildman–Crippen LogP) is 3.73. The van der Waals surface area contributed by atoms with Gasteiger partial charge in [0.15, 0.2) is 0 Å². The molecule has 2 fully saturated rings. The first-order valence-corrected chi connectivity index (χ1v) is 9.24. The molecule has 0 aromatic heterocycles. The summed E-state index contributed by atoms with van der Waals surface area (Å²) in [5.41, 5.74) is 0.396. The van der Waals surface area contributed by atoms with E-state index in [1.54, 1.807) is 0 Å². The summed E-state index contributed by atoms with van der Waals surface area (Å²) in [6, 6.07) is 0. The molecule has 0 aromatic carbocycles. The molecule has 2 rings (SSSR count). The SMILES string of the molecule is CCCCCCCCC(=O)N1CCCC2(CCCNC2)C1. The van der Waals surface area contributed by atoms with Gasteiger partial charge in [-0.25, -0.2) is 0 Å². The third-order valence-electron chi connectivity index (χ3n) is 5.32. The Hall–Kier alpha value is -0.570. The van der Waals surface area contributed by atoms with Crippen molar-refractivity contribution in [2.45, 2.75) is 77.6 Å². The highest BCUT2D eigenvalue weighted by Gasteiger charge is 2.37. The third-order valence-corrected chi connectivity index (χ3v) is 5.32. The van der Waals surface area contributed by atoms with Crippen LogP contribution in [-0.4, -0.2) is 37.0 Å². The molecule has 0 bridgehead atoms. The van der Waals surface area contributed by atoms with Crippen molar-refractivity contribution in [3.05, 3.63) is 0 Å². The molecule has 1 spiro atoms. The molecule has 0 aromatic rings. The number of nitrogens with zero attached hydrogens (tertiary/aromatic N) is 1. The van der Waals surface area contributed by atoms with E-state index in [1.165, 1.54) is 57.8 Å². The van der Waals surface area contributed by atoms with Crippen molar-refractivity contribution in [1.29, 1.82) is 0 Å². The van der Waals surface area contributed by atoms with Crippen LogP contribution in [0.1, 0.15) is 77.6 Å². The second-order valence-corrected chi connectivity index (χ2v) is 7.22. The third kappa shape index (κ3) is 5.28. The summed E-state index contributed by atoms with van der Waals surface area (Å²) in [6.07, 6.45) is 13.5. The van der Waals surface area contributed by atoms with E-state index in [2.05, 4.69) is 17.1 Å². The molecule has 0 saturated carbocycles. The van der Waals surface area contributed by atoms with Crippen molar-refractivity contribution < 1.29 is 4.79 Å². The lowest BCUT2D eigenvalue weighted by molar-refractivity contribution is -0.135. The summed E-state index contributed by atoms with van der Waals surface area (Å²) in [7, 11) is 0. The molecule has 122 valence electrons. The van der Waals surface area contributed by atoms with Crippen LogP contribution in [-0.2, 0) is 4.79 Å². The maximum absolute atomic E-state index is 12.4. The number of nitrogens with one attached hydrogen (secondary N) is 1. The fourth-order valence-corrected chi connectivity index (χ4v) is 4.01. The van der Waals surface area contributed by atoms with Crippen molar-refractivity contribution in [2.24, 2.45) is 5.41 Å². The van der Waals surface area contributed by atoms with Gasteiger partial charge in [-0.3, -0.25) is 4.79 Å². The summed E-state index contributed by atoms with van der Waals surface area (Å²) < 4.78 is 0. The zero-order valence-corrected chi connectivity index (χ0v) is 14.0. The summed E-state index contributed by atoms with van der Waals surface area (Å²) in [6.45, 7) is 6.53. The smallest absolute Gasteiger partial charge is 0.222 e. The van der Waals surface area contributed by atoms with E-state index in [1.807, 2.05) is 0 Å². The molecule has 1 unspecified atom stereocenters. The van der Waals surface area contributed by atoms with E-state index in [0.717, 1.165) is 39.0 Å². The quantitative estimate of drug-likeness (QED) is 0.726. The number of likely N-dealkylation sites (tertiary alicyclic amines) is 1. The largest absolute Gasteiger partial charge is 0.342 e. The fraction of sp³-hybridized carbons (Fsp3) is 0.944. The van der Waals surface area contributed by atoms with Gasteiger partial charge in [-0.2, -0.15) is 0 Å². The Kier molecular flexibility index (Phi) is 7.01. The van der Waals surface area contributed by atoms with Gasteiger partial charge in [0, 0.05) is 31.5 Å². The van der Waals surface area contributed by atoms with Gasteiger partial charge in [0.2, 0.25) is 5.91 Å². The molecule has 3 nitrogen and oxygen atoms in total. The Morgan fingerprint density at radius 1 is 1.10 bits per heavy atom. The van der Waals surface area contributed by atoms with Crippen molar-refractivity contribution >= 4 is 5.91 Å². The van der Waals surface area contributed by atoms with E-state index < -0.39 is 0 Å². The van der Waals surface area contributed by atoms with E-state index in [4.69, 9.17) is 0 Å². The second kappa shape index (κ2) is 8.77. The molecule has 1 amide bonds. The van der Waals surface area contributed by atoms with Crippen LogP contribution in [0.5, 0.6) is 0 Å². The van der Waals surface area contributed by atoms with Crippen LogP contribution in [0, 0.1) is 5.41 Å². The Morgan fingerprint density at radius 3 is 2.62 bits per heavy atom. The van der Waals surface area contributed by atoms with Gasteiger partial charge in [0.25, 0.3) is 0 Å². The average molecular weight is 294 g/mol. The molecule has 2 heterocycles. The van der Waals surface area contributed by atoms with Crippen LogP contribution < -0.4 is 5.32 Å². The number of unbranched alkanes of at least 4 members (excludes halogenated alkanes) is 5. The van der Waals surface area contributed by atoms with Gasteiger partial charge in [-0.1, -0.05) is 39.0 Å². The number of piperidine rings is 2. The minimum atomic E-state index is 0.396. The highest BCUT2D eigenvalue weighted by molar-refractivity contribution is 5.76. The molecule has 1 atom stereocenters. The van der Waals surface area contributed by atoms with E-state index >= 15 is 0 Å². The molecule has 21 heavy (non-hydrogen) atoms. The lowest BCUT2D eigenvalue weighted by Crippen LogP contribution is -2.52. The zero-order chi connectivity index (χ0) is 15.0. The highest BCUT2D eigenvalue weighted by Crippen LogP contribution is 2.36. The first-order valence-electron chi connectivity index (χ1n) is 9.24. The molecule has 3 heteroatoms. The molecule has 2 aliphatic rings. The maximum atomic E-state index is 12.4. The fourth-order valence-electron chi connectivity index (χ4n) is 4.01. The van der Waals surface area contributed by atoms with Gasteiger partial charge >= 0.3 is 0 Å². The van der Waals surface area contributed by atoms with Crippen LogP contribution in [0.25, 0.3) is 0 Å². The van der Waals surface area contributed by atoms with Crippen LogP contribution in [0.15, 0.2) is 0 Å². The Morgan fingerprint density at radius 2 is 1.86 bits per heavy atom. The van der Waals surface area contributed by atoms with E-state index in [-0.39, 0.29) is 0 Å². The van der Waals surface area contributed by atoms with Crippen LogP contribution in [0.2, 0.25) is 0 Å². The molecular formula is C18H34N2O. The highest BCUT2D eigenvalue weighted by atomic mass is 16.2. The van der Waals surface area contributed by atoms with Crippen LogP contribution >= 0.6 is 0 Å². The van der Waals surface area contributed by atoms with Crippen molar-refractivity contribution in [1.82, 2.24) is 10.2 Å². The second-order valence-electron chi connectivity index (χ2n) is 7.22. The molecule has 2 saturated heterocycles. The first-order chi connectivity index (χ1) is 10.3. The van der Waals surface area contributed by atoms with Crippen molar-refractivity contribution in [2.75, 3.05) is 26.2 Å². The number of rotatable bonds is 7. The lowest BCUT2D eigenvalue weighted by Gasteiger charge is -2.45. The number of hydrogen-bond donors (Lipinski definition) is 1. The molecule has 0 radical (unpaired) electrons. The van der Waals surface area contributed by atoms with Crippen molar-refractivity contribution in [3.63, 3.8) is 0 Å². The average Bonchev–Trinajstić information content (AvgIpc) is 2.51. The predicted molar refractivity (Wildman–Crippen MR) is 88.3 cm³/mol. The minimum absolute atomic E-state index is 0.396. The Balaban J connectivity index is 1.67. The van der Waals surface area contributed by atoms with Gasteiger partial charge in [-0.05, 0) is 38.6 Å². The standard InChI is InChI=1S/C18H34N2O/c1-2-3-4-5-6-7-10-17(21)20-14-9-12-18(16-20)11-8-13-19-15-18/h19H,2-16H2,1H3. The van der Waals surface area contributed by atoms with Crippen LogP contribution in [0.3, 0.4) is 0 Å². The van der Waals surface area contributed by atoms with Gasteiger partial charge in [-0.15, -0.1) is 0 Å². The van der Waals surface area contributed by atoms with Crippen LogP contribution in [0.4, 0.5) is 0 Å². The van der Waals surface area contributed by atoms with Gasteiger partial charge in [0.1, 0.15) is 0 Å². The van der Waals surface area contributed by atoms with Gasteiger partial charge < -0.3 is 10.2 Å². The number of carbonyl (C=O) groups is 1.